The molecule has 0 radical (unpaired) electrons. The van der Waals surface area contributed by atoms with E-state index in [0.29, 0.717) is 12.4 Å². The average Bonchev–Trinajstić information content (AvgIpc) is 3.26. The number of pyridine rings is 1. The smallest absolute Gasteiger partial charge is 0.163 e. The van der Waals surface area contributed by atoms with Gasteiger partial charge < -0.3 is 10.6 Å². The first kappa shape index (κ1) is 17.6. The number of fused-ring (bicyclic) bond motifs is 1. The first-order valence-electron chi connectivity index (χ1n) is 9.45. The summed E-state index contributed by atoms with van der Waals surface area (Å²) in [6.07, 6.45) is 4.64. The summed E-state index contributed by atoms with van der Waals surface area (Å²) < 4.78 is 2.10. The third-order valence-electron chi connectivity index (χ3n) is 5.01. The highest BCUT2D eigenvalue weighted by atomic mass is 15.3. The molecule has 1 aliphatic rings. The van der Waals surface area contributed by atoms with E-state index < -0.39 is 0 Å². The predicted octanol–water partition coefficient (Wildman–Crippen LogP) is 2.98. The number of nitrogens with zero attached hydrogens (tertiary/aromatic N) is 5. The van der Waals surface area contributed by atoms with Crippen LogP contribution < -0.4 is 10.6 Å². The van der Waals surface area contributed by atoms with Crippen molar-refractivity contribution in [3.63, 3.8) is 0 Å². The molecule has 0 amide bonds. The third kappa shape index (κ3) is 3.42. The molecule has 3 aromatic rings. The van der Waals surface area contributed by atoms with Crippen molar-refractivity contribution in [2.24, 2.45) is 0 Å². The largest absolute Gasteiger partial charge is 0.365 e. The molecular formula is C20H25N7. The van der Waals surface area contributed by atoms with Gasteiger partial charge >= 0.3 is 0 Å². The molecule has 0 spiro atoms. The monoisotopic (exact) mass is 363 g/mol. The first-order chi connectivity index (χ1) is 13.2. The second-order valence-corrected chi connectivity index (χ2v) is 6.89. The van der Waals surface area contributed by atoms with Crippen LogP contribution in [0.3, 0.4) is 0 Å². The number of aromatic nitrogens is 5. The van der Waals surface area contributed by atoms with E-state index in [1.54, 1.807) is 12.4 Å². The molecule has 7 heteroatoms. The lowest BCUT2D eigenvalue weighted by atomic mass is 10.1. The van der Waals surface area contributed by atoms with E-state index in [-0.39, 0.29) is 0 Å². The SMILES string of the molecule is CCCn1nc(C)c(CNc2nc(-c3cccnc3)nc3c2CNC3)c1C. The normalized spacial score (nSPS) is 13.0. The fourth-order valence-corrected chi connectivity index (χ4v) is 3.53. The second kappa shape index (κ2) is 7.44. The molecule has 4 heterocycles. The molecule has 0 aliphatic carbocycles. The summed E-state index contributed by atoms with van der Waals surface area (Å²) in [6.45, 7) is 9.60. The molecule has 0 unspecified atom stereocenters. The van der Waals surface area contributed by atoms with Gasteiger partial charge in [-0.05, 0) is 32.4 Å². The average molecular weight is 363 g/mol. The summed E-state index contributed by atoms with van der Waals surface area (Å²) in [7, 11) is 0. The van der Waals surface area contributed by atoms with Crippen LogP contribution in [0, 0.1) is 13.8 Å². The zero-order valence-corrected chi connectivity index (χ0v) is 16.1. The van der Waals surface area contributed by atoms with Crippen LogP contribution in [-0.2, 0) is 26.2 Å². The van der Waals surface area contributed by atoms with Gasteiger partial charge in [-0.2, -0.15) is 5.10 Å². The minimum Gasteiger partial charge on any atom is -0.365 e. The Morgan fingerprint density at radius 3 is 2.89 bits per heavy atom. The summed E-state index contributed by atoms with van der Waals surface area (Å²) in [5.41, 5.74) is 6.67. The molecule has 0 saturated carbocycles. The Balaban J connectivity index is 1.64. The summed E-state index contributed by atoms with van der Waals surface area (Å²) in [4.78, 5) is 13.7. The van der Waals surface area contributed by atoms with Gasteiger partial charge in [0, 0.05) is 61.0 Å². The van der Waals surface area contributed by atoms with Gasteiger partial charge in [-0.25, -0.2) is 9.97 Å². The van der Waals surface area contributed by atoms with Crippen molar-refractivity contribution in [3.8, 4) is 11.4 Å². The maximum atomic E-state index is 4.80. The van der Waals surface area contributed by atoms with Crippen LogP contribution in [0.4, 0.5) is 5.82 Å². The number of hydrogen-bond acceptors (Lipinski definition) is 6. The van der Waals surface area contributed by atoms with E-state index in [4.69, 9.17) is 9.97 Å². The van der Waals surface area contributed by atoms with Crippen LogP contribution >= 0.6 is 0 Å². The van der Waals surface area contributed by atoms with Crippen molar-refractivity contribution in [1.29, 1.82) is 0 Å². The molecule has 1 aliphatic heterocycles. The first-order valence-corrected chi connectivity index (χ1v) is 9.45. The van der Waals surface area contributed by atoms with E-state index >= 15 is 0 Å². The minimum atomic E-state index is 0.706. The summed E-state index contributed by atoms with van der Waals surface area (Å²) in [5, 5.41) is 11.6. The third-order valence-corrected chi connectivity index (χ3v) is 5.01. The van der Waals surface area contributed by atoms with Crippen molar-refractivity contribution in [3.05, 3.63) is 52.7 Å². The van der Waals surface area contributed by atoms with Crippen molar-refractivity contribution in [1.82, 2.24) is 30.0 Å². The Hall–Kier alpha value is -2.80. The Kier molecular flexibility index (Phi) is 4.85. The van der Waals surface area contributed by atoms with E-state index in [1.807, 2.05) is 12.1 Å². The molecule has 0 fully saturated rings. The van der Waals surface area contributed by atoms with Crippen molar-refractivity contribution in [2.75, 3.05) is 5.32 Å². The van der Waals surface area contributed by atoms with Gasteiger partial charge in [-0.3, -0.25) is 9.67 Å². The Bertz CT molecular complexity index is 947. The van der Waals surface area contributed by atoms with Gasteiger partial charge in [0.15, 0.2) is 5.82 Å². The van der Waals surface area contributed by atoms with Crippen molar-refractivity contribution < 1.29 is 0 Å². The highest BCUT2D eigenvalue weighted by Gasteiger charge is 2.20. The lowest BCUT2D eigenvalue weighted by Crippen LogP contribution is -2.09. The maximum absolute atomic E-state index is 4.80. The lowest BCUT2D eigenvalue weighted by molar-refractivity contribution is 0.582. The number of nitrogens with one attached hydrogen (secondary N) is 2. The van der Waals surface area contributed by atoms with Crippen LogP contribution in [-0.4, -0.2) is 24.7 Å². The van der Waals surface area contributed by atoms with Gasteiger partial charge in [0.05, 0.1) is 11.4 Å². The highest BCUT2D eigenvalue weighted by Crippen LogP contribution is 2.26. The summed E-state index contributed by atoms with van der Waals surface area (Å²) in [6, 6.07) is 3.90. The van der Waals surface area contributed by atoms with E-state index in [2.05, 4.69) is 46.2 Å². The molecular weight excluding hydrogens is 338 g/mol. The Morgan fingerprint density at radius 2 is 2.11 bits per heavy atom. The number of rotatable bonds is 6. The Morgan fingerprint density at radius 1 is 1.22 bits per heavy atom. The standard InChI is InChI=1S/C20H25N7/c1-4-8-27-14(3)16(13(2)26-27)11-23-20-17-10-22-12-18(17)24-19(25-20)15-6-5-7-21-9-15/h5-7,9,22H,4,8,10-12H2,1-3H3,(H,23,24,25). The van der Waals surface area contributed by atoms with Crippen LogP contribution in [0.5, 0.6) is 0 Å². The molecule has 2 N–H and O–H groups in total. The van der Waals surface area contributed by atoms with Gasteiger partial charge in [0.2, 0.25) is 0 Å². The van der Waals surface area contributed by atoms with Crippen LogP contribution in [0.15, 0.2) is 24.5 Å². The molecule has 4 rings (SSSR count). The maximum Gasteiger partial charge on any atom is 0.163 e. The molecule has 0 saturated heterocycles. The number of hydrogen-bond donors (Lipinski definition) is 2. The predicted molar refractivity (Wildman–Crippen MR) is 105 cm³/mol. The van der Waals surface area contributed by atoms with Gasteiger partial charge in [-0.1, -0.05) is 6.92 Å². The summed E-state index contributed by atoms with van der Waals surface area (Å²) >= 11 is 0. The minimum absolute atomic E-state index is 0.706. The highest BCUT2D eigenvalue weighted by molar-refractivity contribution is 5.59. The van der Waals surface area contributed by atoms with E-state index in [1.165, 1.54) is 11.3 Å². The van der Waals surface area contributed by atoms with Crippen LogP contribution in [0.1, 0.15) is 41.6 Å². The molecule has 140 valence electrons. The zero-order valence-electron chi connectivity index (χ0n) is 16.1. The van der Waals surface area contributed by atoms with Crippen molar-refractivity contribution in [2.45, 2.75) is 53.4 Å². The topological polar surface area (TPSA) is 80.6 Å². The number of anilines is 1. The van der Waals surface area contributed by atoms with Crippen molar-refractivity contribution >= 4 is 5.82 Å². The molecule has 27 heavy (non-hydrogen) atoms. The second-order valence-electron chi connectivity index (χ2n) is 6.89. The molecule has 0 aromatic carbocycles. The van der Waals surface area contributed by atoms with Gasteiger partial charge in [0.25, 0.3) is 0 Å². The van der Waals surface area contributed by atoms with Gasteiger partial charge in [-0.15, -0.1) is 0 Å². The molecule has 0 bridgehead atoms. The molecule has 7 nitrogen and oxygen atoms in total. The zero-order chi connectivity index (χ0) is 18.8. The van der Waals surface area contributed by atoms with Crippen LogP contribution in [0.25, 0.3) is 11.4 Å². The van der Waals surface area contributed by atoms with E-state index in [0.717, 1.165) is 54.4 Å². The number of aryl methyl sites for hydroxylation is 2. The van der Waals surface area contributed by atoms with Crippen LogP contribution in [0.2, 0.25) is 0 Å². The fraction of sp³-hybridized carbons (Fsp3) is 0.400. The lowest BCUT2D eigenvalue weighted by Gasteiger charge is -2.12. The Labute approximate surface area is 159 Å². The van der Waals surface area contributed by atoms with E-state index in [9.17, 15) is 0 Å². The summed E-state index contributed by atoms with van der Waals surface area (Å²) in [5.74, 6) is 1.61. The fourth-order valence-electron chi connectivity index (χ4n) is 3.53. The molecule has 0 atom stereocenters. The quantitative estimate of drug-likeness (QED) is 0.701. The molecule has 3 aromatic heterocycles. The van der Waals surface area contributed by atoms with Gasteiger partial charge in [0.1, 0.15) is 5.82 Å².